The highest BCUT2D eigenvalue weighted by atomic mass is 16.6. The van der Waals surface area contributed by atoms with E-state index < -0.39 is 200 Å². The Morgan fingerprint density at radius 1 is 0.535 bits per heavy atom. The smallest absolute Gasteiger partial charge is 0.246 e. The number of rotatable bonds is 21. The molecule has 101 heavy (non-hydrogen) atoms. The molecule has 1 aromatic heterocycles. The van der Waals surface area contributed by atoms with Crippen molar-refractivity contribution < 1.29 is 82.7 Å². The molecule has 3 aliphatic rings. The first kappa shape index (κ1) is 78.5. The van der Waals surface area contributed by atoms with E-state index in [1.165, 1.54) is 11.1 Å². The Hall–Kier alpha value is -9.80. The number of benzene rings is 3. The summed E-state index contributed by atoms with van der Waals surface area (Å²) in [6, 6.07) is 10.2. The molecule has 33 nitrogen and oxygen atoms in total. The fourth-order valence-corrected chi connectivity index (χ4v) is 12.1. The fourth-order valence-electron chi connectivity index (χ4n) is 12.1. The summed E-state index contributed by atoms with van der Waals surface area (Å²) in [7, 11) is 0. The standard InChI is InChI=1S/C68H94N16O17/c1-36(2)28-44-60(92)79-49(31-40-20-12-7-13-21-40)67(99)84-27-15-23-50(84)65(97)78-46(30-39-18-10-6-11-19-39)62(94)75-45(29-38-16-8-5-9-17-38)61(93)77-48(33-53(71)86)63(95)72-43(24-25-52(70)85)59(91)76-47(32-41-34-83(82-81-41)35-51-55(87)56(88)57(89)68(100)101-51)64(96)80-54(37(3)4)66(98)73-42(22-14-26-69)58(90)74-44/h5-13,16-21,34,36-37,42-51,54-57,68,87-89,100H,14-15,22-33,35,69H2,1-4H3,(H2,70,85)(H2,71,86)(H,72,95)(H,73,98)(H,74,90)(H,75,94)(H,76,91)(H,77,93)(H,78,97)(H,79,92)(H,80,96)/t42-,43-,44-,45+,46-,47-,48-,49+,50-,51+,54-,55-,56-,57+,68?/m0/s1. The van der Waals surface area contributed by atoms with Crippen LogP contribution in [0, 0.1) is 11.8 Å². The molecule has 1 unspecified atom stereocenters. The summed E-state index contributed by atoms with van der Waals surface area (Å²) >= 11 is 0. The Bertz CT molecular complexity index is 3510. The number of amides is 12. The van der Waals surface area contributed by atoms with Crippen molar-refractivity contribution in [1.29, 1.82) is 0 Å². The molecular formula is C68H94N16O17. The topological polar surface area (TPSA) is 515 Å². The van der Waals surface area contributed by atoms with Crippen molar-refractivity contribution in [3.05, 3.63) is 120 Å². The first-order chi connectivity index (χ1) is 48.1. The van der Waals surface area contributed by atoms with Crippen LogP contribution in [0.3, 0.4) is 0 Å². The molecule has 3 aliphatic heterocycles. The highest BCUT2D eigenvalue weighted by Crippen LogP contribution is 2.24. The molecule has 4 heterocycles. The van der Waals surface area contributed by atoms with Gasteiger partial charge in [0.05, 0.1) is 18.7 Å². The van der Waals surface area contributed by atoms with E-state index in [9.17, 15) is 73.2 Å². The Labute approximate surface area is 583 Å². The van der Waals surface area contributed by atoms with E-state index in [4.69, 9.17) is 21.9 Å². The molecule has 4 aromatic rings. The minimum absolute atomic E-state index is 0.0219. The molecule has 19 N–H and O–H groups in total. The van der Waals surface area contributed by atoms with Gasteiger partial charge in [-0.15, -0.1) is 5.10 Å². The van der Waals surface area contributed by atoms with Gasteiger partial charge in [-0.05, 0) is 73.6 Å². The summed E-state index contributed by atoms with van der Waals surface area (Å²) in [4.78, 5) is 175. The van der Waals surface area contributed by atoms with Crippen molar-refractivity contribution in [2.24, 2.45) is 29.0 Å². The molecule has 33 heteroatoms. The monoisotopic (exact) mass is 1410 g/mol. The number of fused-ring (bicyclic) bond motifs is 1. The van der Waals surface area contributed by atoms with Crippen molar-refractivity contribution >= 4 is 70.9 Å². The van der Waals surface area contributed by atoms with E-state index in [-0.39, 0.29) is 69.6 Å². The Kier molecular flexibility index (Phi) is 29.2. The number of hydrogen-bond donors (Lipinski definition) is 16. The van der Waals surface area contributed by atoms with E-state index in [2.05, 4.69) is 58.2 Å². The maximum atomic E-state index is 15.2. The number of ether oxygens (including phenoxy) is 1. The number of carbonyl (C=O) groups is 12. The number of hydrogen-bond acceptors (Lipinski definition) is 20. The van der Waals surface area contributed by atoms with Gasteiger partial charge >= 0.3 is 0 Å². The SMILES string of the molecule is CC(C)C[C@@H]1NC(=O)[C@H](CCCN)NC(=O)[C@H](C(C)C)NC(=O)[C@H](Cc2cn(C[C@H]3OC(O)[C@H](O)[C@@H](O)[C@H]3O)nn2)NC(=O)[C@H](CCC(N)=O)NC(=O)[C@H](CC(N)=O)NC(=O)[C@@H](Cc2ccccc2)NC(=O)[C@H](Cc2ccccc2)NC(=O)[C@@H]2CCCN2C(=O)[C@@H](Cc2ccccc2)NC1=O. The van der Waals surface area contributed by atoms with Crippen molar-refractivity contribution in [3.8, 4) is 0 Å². The van der Waals surface area contributed by atoms with Crippen LogP contribution in [-0.2, 0) is 94.5 Å². The Morgan fingerprint density at radius 2 is 0.990 bits per heavy atom. The first-order valence-electron chi connectivity index (χ1n) is 33.8. The number of aromatic nitrogens is 3. The van der Waals surface area contributed by atoms with Crippen molar-refractivity contribution in [1.82, 2.24) is 67.7 Å². The third kappa shape index (κ3) is 23.1. The molecule has 548 valence electrons. The van der Waals surface area contributed by atoms with Gasteiger partial charge in [0, 0.05) is 44.8 Å². The van der Waals surface area contributed by atoms with E-state index in [0.29, 0.717) is 23.1 Å². The lowest BCUT2D eigenvalue weighted by Gasteiger charge is -2.38. The van der Waals surface area contributed by atoms with Gasteiger partial charge < -0.3 is 95.1 Å². The van der Waals surface area contributed by atoms with Crippen LogP contribution in [0.1, 0.15) is 101 Å². The predicted octanol–water partition coefficient (Wildman–Crippen LogP) is -4.70. The van der Waals surface area contributed by atoms with Crippen LogP contribution < -0.4 is 65.1 Å². The van der Waals surface area contributed by atoms with Crippen LogP contribution in [0.15, 0.2) is 97.2 Å². The van der Waals surface area contributed by atoms with Gasteiger partial charge in [0.1, 0.15) is 84.8 Å². The quantitative estimate of drug-likeness (QED) is 0.0373. The van der Waals surface area contributed by atoms with Gasteiger partial charge in [0.15, 0.2) is 6.29 Å². The second-order valence-corrected chi connectivity index (χ2v) is 26.4. The van der Waals surface area contributed by atoms with Crippen LogP contribution in [0.2, 0.25) is 0 Å². The minimum atomic E-state index is -1.92. The summed E-state index contributed by atoms with van der Waals surface area (Å²) < 4.78 is 6.39. The van der Waals surface area contributed by atoms with Crippen LogP contribution >= 0.6 is 0 Å². The second kappa shape index (κ2) is 37.6. The summed E-state index contributed by atoms with van der Waals surface area (Å²) in [6.07, 6.45) is -10.1. The molecule has 3 saturated heterocycles. The summed E-state index contributed by atoms with van der Waals surface area (Å²) in [5, 5.41) is 73.4. The number of nitrogens with one attached hydrogen (secondary N) is 9. The molecule has 15 atom stereocenters. The largest absolute Gasteiger partial charge is 0.388 e. The molecule has 0 bridgehead atoms. The zero-order valence-corrected chi connectivity index (χ0v) is 56.8. The zero-order chi connectivity index (χ0) is 73.6. The molecule has 0 saturated carbocycles. The lowest BCUT2D eigenvalue weighted by Crippen LogP contribution is -2.62. The van der Waals surface area contributed by atoms with E-state index >= 15 is 4.79 Å². The first-order valence-corrected chi connectivity index (χ1v) is 33.8. The predicted molar refractivity (Wildman–Crippen MR) is 360 cm³/mol. The van der Waals surface area contributed by atoms with Gasteiger partial charge in [0.2, 0.25) is 70.9 Å². The lowest BCUT2D eigenvalue weighted by atomic mass is 9.99. The fraction of sp³-hybridized carbons (Fsp3) is 0.529. The summed E-state index contributed by atoms with van der Waals surface area (Å²) in [6.45, 7) is 6.41. The maximum absolute atomic E-state index is 15.2. The normalized spacial score (nSPS) is 27.5. The van der Waals surface area contributed by atoms with Crippen LogP contribution in [0.25, 0.3) is 0 Å². The molecule has 0 aliphatic carbocycles. The van der Waals surface area contributed by atoms with Crippen LogP contribution in [0.5, 0.6) is 0 Å². The third-order valence-corrected chi connectivity index (χ3v) is 17.5. The van der Waals surface area contributed by atoms with Gasteiger partial charge in [-0.1, -0.05) is 124 Å². The highest BCUT2D eigenvalue weighted by Gasteiger charge is 2.45. The highest BCUT2D eigenvalue weighted by molar-refractivity contribution is 6.00. The molecule has 3 fully saturated rings. The van der Waals surface area contributed by atoms with Gasteiger partial charge in [-0.2, -0.15) is 0 Å². The van der Waals surface area contributed by atoms with Gasteiger partial charge in [-0.3, -0.25) is 57.5 Å². The number of aliphatic hydroxyl groups is 4. The van der Waals surface area contributed by atoms with Crippen molar-refractivity contribution in [2.45, 2.75) is 202 Å². The van der Waals surface area contributed by atoms with Crippen LogP contribution in [-0.4, -0.2) is 215 Å². The van der Waals surface area contributed by atoms with Crippen molar-refractivity contribution in [3.63, 3.8) is 0 Å². The van der Waals surface area contributed by atoms with E-state index in [1.54, 1.807) is 119 Å². The number of nitrogens with two attached hydrogens (primary N) is 3. The number of aliphatic hydroxyl groups excluding tert-OH is 4. The Balaban J connectivity index is 1.31. The average Bonchev–Trinajstić information content (AvgIpc) is 1.55. The third-order valence-electron chi connectivity index (χ3n) is 17.5. The molecule has 12 amide bonds. The molecule has 7 rings (SSSR count). The average molecular weight is 1410 g/mol. The molecule has 0 radical (unpaired) electrons. The second-order valence-electron chi connectivity index (χ2n) is 26.4. The maximum Gasteiger partial charge on any atom is 0.246 e. The van der Waals surface area contributed by atoms with E-state index in [1.807, 2.05) is 0 Å². The van der Waals surface area contributed by atoms with Gasteiger partial charge in [-0.25, -0.2) is 4.68 Å². The van der Waals surface area contributed by atoms with Gasteiger partial charge in [0.25, 0.3) is 0 Å². The number of nitrogens with zero attached hydrogens (tertiary/aromatic N) is 4. The Morgan fingerprint density at radius 3 is 1.52 bits per heavy atom. The number of primary amides is 2. The van der Waals surface area contributed by atoms with Crippen LogP contribution in [0.4, 0.5) is 0 Å². The number of carbonyl (C=O) groups excluding carboxylic acids is 12. The van der Waals surface area contributed by atoms with E-state index in [0.717, 1.165) is 4.68 Å². The molecule has 3 aromatic carbocycles. The van der Waals surface area contributed by atoms with Crippen molar-refractivity contribution in [2.75, 3.05) is 13.1 Å². The zero-order valence-electron chi connectivity index (χ0n) is 56.8. The summed E-state index contributed by atoms with van der Waals surface area (Å²) in [5.41, 5.74) is 18.8. The minimum Gasteiger partial charge on any atom is -0.388 e. The molecule has 0 spiro atoms. The summed E-state index contributed by atoms with van der Waals surface area (Å²) in [5.74, 6) is -12.6. The molecular weight excluding hydrogens is 1310 g/mol. The lowest BCUT2D eigenvalue weighted by molar-refractivity contribution is -0.284.